The molecule has 7 heteroatoms. The molecule has 2 fully saturated rings. The lowest BCUT2D eigenvalue weighted by atomic mass is 9.90. The third kappa shape index (κ3) is 6.29. The summed E-state index contributed by atoms with van der Waals surface area (Å²) in [6.07, 6.45) is 6.60. The Bertz CT molecular complexity index is 754. The van der Waals surface area contributed by atoms with E-state index in [-0.39, 0.29) is 31.1 Å². The minimum atomic E-state index is -0.996. The second kappa shape index (κ2) is 11.3. The highest BCUT2D eigenvalue weighted by Gasteiger charge is 2.40. The number of carbonyl (C=O) groups excluding carboxylic acids is 2. The minimum absolute atomic E-state index is 0.0152. The van der Waals surface area contributed by atoms with Crippen LogP contribution in [0.25, 0.3) is 0 Å². The van der Waals surface area contributed by atoms with Gasteiger partial charge in [-0.25, -0.2) is 0 Å². The highest BCUT2D eigenvalue weighted by Crippen LogP contribution is 2.36. The van der Waals surface area contributed by atoms with Gasteiger partial charge in [-0.1, -0.05) is 43.2 Å². The van der Waals surface area contributed by atoms with Crippen molar-refractivity contribution in [2.24, 2.45) is 5.92 Å². The topological polar surface area (TPSA) is 95.9 Å². The van der Waals surface area contributed by atoms with Gasteiger partial charge < -0.3 is 14.7 Å². The summed E-state index contributed by atoms with van der Waals surface area (Å²) < 4.78 is 5.27. The molecule has 0 bridgehead atoms. The Balaban J connectivity index is 1.74. The van der Waals surface area contributed by atoms with Gasteiger partial charge in [0.2, 0.25) is 5.91 Å². The Morgan fingerprint density at radius 3 is 2.55 bits per heavy atom. The Labute approximate surface area is 184 Å². The van der Waals surface area contributed by atoms with Gasteiger partial charge in [-0.3, -0.25) is 19.7 Å². The number of aliphatic carboxylic acids is 1. The summed E-state index contributed by atoms with van der Waals surface area (Å²) >= 11 is 0. The summed E-state index contributed by atoms with van der Waals surface area (Å²) in [5.41, 5.74) is 1.11. The normalized spacial score (nSPS) is 24.7. The van der Waals surface area contributed by atoms with Crippen LogP contribution in [0.4, 0.5) is 0 Å². The van der Waals surface area contributed by atoms with Crippen molar-refractivity contribution in [3.63, 3.8) is 0 Å². The maximum absolute atomic E-state index is 13.4. The highest BCUT2D eigenvalue weighted by molar-refractivity contribution is 5.87. The quantitative estimate of drug-likeness (QED) is 0.585. The Morgan fingerprint density at radius 2 is 1.87 bits per heavy atom. The first-order valence-corrected chi connectivity index (χ1v) is 11.5. The van der Waals surface area contributed by atoms with Crippen molar-refractivity contribution in [2.75, 3.05) is 13.2 Å². The lowest BCUT2D eigenvalue weighted by Gasteiger charge is -2.38. The molecule has 1 aromatic rings. The van der Waals surface area contributed by atoms with Crippen LogP contribution < -0.4 is 5.32 Å². The molecule has 1 aliphatic carbocycles. The summed E-state index contributed by atoms with van der Waals surface area (Å²) in [7, 11) is 0. The fraction of sp³-hybridized carbons (Fsp3) is 0.625. The zero-order valence-corrected chi connectivity index (χ0v) is 18.3. The van der Waals surface area contributed by atoms with E-state index in [1.807, 2.05) is 30.3 Å². The number of hydrogen-bond donors (Lipinski definition) is 2. The van der Waals surface area contributed by atoms with Gasteiger partial charge in [0, 0.05) is 6.04 Å². The third-order valence-corrected chi connectivity index (χ3v) is 6.51. The molecular weight excluding hydrogens is 396 g/mol. The molecule has 1 amide bonds. The van der Waals surface area contributed by atoms with Crippen LogP contribution in [0.2, 0.25) is 0 Å². The average molecular weight is 431 g/mol. The number of nitrogens with one attached hydrogen (secondary N) is 1. The monoisotopic (exact) mass is 430 g/mol. The average Bonchev–Trinajstić information content (AvgIpc) is 3.21. The lowest BCUT2D eigenvalue weighted by molar-refractivity contribution is -0.150. The van der Waals surface area contributed by atoms with Crippen molar-refractivity contribution in [1.82, 2.24) is 10.2 Å². The number of carbonyl (C=O) groups is 3. The van der Waals surface area contributed by atoms with Crippen molar-refractivity contribution in [1.29, 1.82) is 0 Å². The predicted molar refractivity (Wildman–Crippen MR) is 116 cm³/mol. The highest BCUT2D eigenvalue weighted by atomic mass is 16.5. The maximum atomic E-state index is 13.4. The molecule has 1 heterocycles. The molecule has 1 aromatic carbocycles. The number of esters is 1. The Kier molecular flexibility index (Phi) is 8.46. The van der Waals surface area contributed by atoms with Gasteiger partial charge >= 0.3 is 11.9 Å². The van der Waals surface area contributed by atoms with E-state index >= 15 is 0 Å². The molecule has 2 N–H and O–H groups in total. The summed E-state index contributed by atoms with van der Waals surface area (Å²) in [6.45, 7) is 1.75. The van der Waals surface area contributed by atoms with Crippen molar-refractivity contribution < 1.29 is 24.2 Å². The van der Waals surface area contributed by atoms with Gasteiger partial charge in [0.05, 0.1) is 12.6 Å². The molecule has 7 nitrogen and oxygen atoms in total. The number of ether oxygens (including phenoxy) is 1. The molecule has 0 aromatic heterocycles. The van der Waals surface area contributed by atoms with Crippen LogP contribution in [0, 0.1) is 5.92 Å². The molecule has 3 rings (SSSR count). The van der Waals surface area contributed by atoms with Gasteiger partial charge in [0.1, 0.15) is 12.6 Å². The molecule has 1 unspecified atom stereocenters. The number of aryl methyl sites for hydroxylation is 1. The first kappa shape index (κ1) is 23.3. The number of fused-ring (bicyclic) bond motifs is 1. The lowest BCUT2D eigenvalue weighted by Crippen LogP contribution is -2.57. The number of benzene rings is 1. The zero-order chi connectivity index (χ0) is 22.2. The fourth-order valence-electron chi connectivity index (χ4n) is 5.04. The molecule has 4 atom stereocenters. The van der Waals surface area contributed by atoms with Crippen molar-refractivity contribution >= 4 is 17.8 Å². The number of carboxylic acid groups (broad SMARTS) is 1. The first-order valence-electron chi connectivity index (χ1n) is 11.5. The molecule has 1 saturated carbocycles. The van der Waals surface area contributed by atoms with Gasteiger partial charge in [-0.05, 0) is 56.9 Å². The van der Waals surface area contributed by atoms with Gasteiger partial charge in [-0.2, -0.15) is 0 Å². The number of likely N-dealkylation sites (tertiary alicyclic amines) is 1. The molecule has 31 heavy (non-hydrogen) atoms. The van der Waals surface area contributed by atoms with E-state index in [0.29, 0.717) is 25.2 Å². The van der Waals surface area contributed by atoms with Crippen LogP contribution in [0.5, 0.6) is 0 Å². The van der Waals surface area contributed by atoms with Gasteiger partial charge in [-0.15, -0.1) is 0 Å². The summed E-state index contributed by atoms with van der Waals surface area (Å²) in [6, 6.07) is 8.69. The molecule has 2 aliphatic rings. The number of nitrogens with zero attached hydrogens (tertiary/aromatic N) is 1. The van der Waals surface area contributed by atoms with Crippen molar-refractivity contribution in [2.45, 2.75) is 76.4 Å². The molecule has 0 radical (unpaired) electrons. The minimum Gasteiger partial charge on any atom is -0.480 e. The van der Waals surface area contributed by atoms with Crippen LogP contribution in [-0.4, -0.2) is 59.1 Å². The van der Waals surface area contributed by atoms with Gasteiger partial charge in [0.15, 0.2) is 0 Å². The second-order valence-electron chi connectivity index (χ2n) is 8.60. The second-order valence-corrected chi connectivity index (χ2v) is 8.60. The van der Waals surface area contributed by atoms with Crippen LogP contribution in [0.3, 0.4) is 0 Å². The van der Waals surface area contributed by atoms with Crippen LogP contribution in [0.1, 0.15) is 57.4 Å². The van der Waals surface area contributed by atoms with Gasteiger partial charge in [0.25, 0.3) is 0 Å². The molecule has 1 saturated heterocycles. The van der Waals surface area contributed by atoms with E-state index in [1.165, 1.54) is 0 Å². The van der Waals surface area contributed by atoms with Crippen LogP contribution in [-0.2, 0) is 25.5 Å². The van der Waals surface area contributed by atoms with E-state index in [2.05, 4.69) is 5.32 Å². The number of rotatable bonds is 9. The summed E-state index contributed by atoms with van der Waals surface area (Å²) in [5.74, 6) is -1.18. The predicted octanol–water partition coefficient (Wildman–Crippen LogP) is 2.77. The molecule has 0 spiro atoms. The standard InChI is InChI=1S/C24H34N2O5/c1-2-31-24(30)20(15-14-17-8-4-3-5-9-17)25-19-12-6-10-18-11-7-13-21(18)26(23(19)29)16-22(27)28/h3-5,8-9,18-21,25H,2,6-7,10-16H2,1H3,(H,27,28)/t18?,19-,20-,21-/m0/s1. The van der Waals surface area contributed by atoms with Crippen molar-refractivity contribution in [3.05, 3.63) is 35.9 Å². The zero-order valence-electron chi connectivity index (χ0n) is 18.3. The Hall–Kier alpha value is -2.41. The van der Waals surface area contributed by atoms with E-state index in [4.69, 9.17) is 4.74 Å². The van der Waals surface area contributed by atoms with E-state index in [1.54, 1.807) is 11.8 Å². The van der Waals surface area contributed by atoms with Crippen LogP contribution in [0.15, 0.2) is 30.3 Å². The Morgan fingerprint density at radius 1 is 1.16 bits per heavy atom. The number of amides is 1. The smallest absolute Gasteiger partial charge is 0.323 e. The van der Waals surface area contributed by atoms with E-state index in [9.17, 15) is 19.5 Å². The largest absolute Gasteiger partial charge is 0.480 e. The molecule has 170 valence electrons. The summed E-state index contributed by atoms with van der Waals surface area (Å²) in [4.78, 5) is 39.1. The number of hydrogen-bond acceptors (Lipinski definition) is 5. The summed E-state index contributed by atoms with van der Waals surface area (Å²) in [5, 5.41) is 12.7. The fourth-order valence-corrected chi connectivity index (χ4v) is 5.04. The molecular formula is C24H34N2O5. The third-order valence-electron chi connectivity index (χ3n) is 6.51. The maximum Gasteiger partial charge on any atom is 0.323 e. The van der Waals surface area contributed by atoms with E-state index < -0.39 is 18.1 Å². The van der Waals surface area contributed by atoms with Crippen molar-refractivity contribution in [3.8, 4) is 0 Å². The molecule has 1 aliphatic heterocycles. The number of carboxylic acids is 1. The first-order chi connectivity index (χ1) is 15.0. The van der Waals surface area contributed by atoms with Crippen LogP contribution >= 0.6 is 0 Å². The van der Waals surface area contributed by atoms with E-state index in [0.717, 1.165) is 37.7 Å². The SMILES string of the molecule is CCOC(=O)[C@H](CCc1ccccc1)N[C@H]1CCCC2CCC[C@@H]2N(CC(=O)O)C1=O.